The quantitative estimate of drug-likeness (QED) is 0.874. The topological polar surface area (TPSA) is 80.3 Å². The standard InChI is InChI=1S/C18H25N3O5/c1-3-24-18(23)21-8-6-20(7-9-21)13(2)17(22)19-14-4-5-15-16(12-14)26-11-10-25-15/h4-5,12-13H,3,6-11H2,1-2H3,(H,19,22). The first-order valence-electron chi connectivity index (χ1n) is 8.94. The van der Waals surface area contributed by atoms with Gasteiger partial charge in [0.15, 0.2) is 11.5 Å². The minimum absolute atomic E-state index is 0.0914. The highest BCUT2D eigenvalue weighted by Gasteiger charge is 2.28. The van der Waals surface area contributed by atoms with Gasteiger partial charge in [0.2, 0.25) is 5.91 Å². The summed E-state index contributed by atoms with van der Waals surface area (Å²) in [6.45, 7) is 7.45. The highest BCUT2D eigenvalue weighted by Crippen LogP contribution is 2.32. The number of hydrogen-bond acceptors (Lipinski definition) is 6. The summed E-state index contributed by atoms with van der Waals surface area (Å²) in [5.41, 5.74) is 0.677. The number of benzene rings is 1. The number of carbonyl (C=O) groups excluding carboxylic acids is 2. The van der Waals surface area contributed by atoms with Gasteiger partial charge in [-0.2, -0.15) is 0 Å². The predicted octanol–water partition coefficient (Wildman–Crippen LogP) is 1.56. The maximum absolute atomic E-state index is 12.6. The van der Waals surface area contributed by atoms with E-state index in [4.69, 9.17) is 14.2 Å². The van der Waals surface area contributed by atoms with Crippen molar-refractivity contribution in [2.75, 3.05) is 51.3 Å². The summed E-state index contributed by atoms with van der Waals surface area (Å²) in [7, 11) is 0. The number of rotatable bonds is 4. The molecule has 1 aromatic carbocycles. The molecule has 1 aromatic rings. The zero-order valence-corrected chi connectivity index (χ0v) is 15.2. The third kappa shape index (κ3) is 4.19. The fraction of sp³-hybridized carbons (Fsp3) is 0.556. The van der Waals surface area contributed by atoms with E-state index >= 15 is 0 Å². The van der Waals surface area contributed by atoms with Gasteiger partial charge in [0.25, 0.3) is 0 Å². The monoisotopic (exact) mass is 363 g/mol. The van der Waals surface area contributed by atoms with Crippen molar-refractivity contribution in [1.82, 2.24) is 9.80 Å². The highest BCUT2D eigenvalue weighted by molar-refractivity contribution is 5.94. The van der Waals surface area contributed by atoms with Crippen molar-refractivity contribution in [3.63, 3.8) is 0 Å². The van der Waals surface area contributed by atoms with Crippen molar-refractivity contribution in [2.45, 2.75) is 19.9 Å². The molecule has 8 heteroatoms. The van der Waals surface area contributed by atoms with E-state index in [1.807, 2.05) is 6.92 Å². The van der Waals surface area contributed by atoms with Gasteiger partial charge in [-0.1, -0.05) is 0 Å². The Balaban J connectivity index is 1.53. The molecule has 142 valence electrons. The van der Waals surface area contributed by atoms with Crippen molar-refractivity contribution in [1.29, 1.82) is 0 Å². The number of ether oxygens (including phenoxy) is 3. The number of anilines is 1. The van der Waals surface area contributed by atoms with Crippen LogP contribution < -0.4 is 14.8 Å². The summed E-state index contributed by atoms with van der Waals surface area (Å²) in [6.07, 6.45) is -0.291. The van der Waals surface area contributed by atoms with Crippen LogP contribution in [0.5, 0.6) is 11.5 Å². The van der Waals surface area contributed by atoms with E-state index < -0.39 is 0 Å². The molecule has 1 N–H and O–H groups in total. The molecule has 0 aliphatic carbocycles. The van der Waals surface area contributed by atoms with Crippen LogP contribution in [0.4, 0.5) is 10.5 Å². The molecule has 2 amide bonds. The van der Waals surface area contributed by atoms with Crippen LogP contribution in [-0.2, 0) is 9.53 Å². The molecule has 0 bridgehead atoms. The maximum Gasteiger partial charge on any atom is 0.409 e. The number of carbonyl (C=O) groups is 2. The molecule has 2 aliphatic rings. The second-order valence-corrected chi connectivity index (χ2v) is 6.25. The van der Waals surface area contributed by atoms with Gasteiger partial charge in [-0.25, -0.2) is 4.79 Å². The number of piperazine rings is 1. The summed E-state index contributed by atoms with van der Waals surface area (Å²) in [4.78, 5) is 28.0. The highest BCUT2D eigenvalue weighted by atomic mass is 16.6. The predicted molar refractivity (Wildman–Crippen MR) is 95.7 cm³/mol. The molecule has 1 saturated heterocycles. The summed E-state index contributed by atoms with van der Waals surface area (Å²) < 4.78 is 16.0. The molecule has 26 heavy (non-hydrogen) atoms. The van der Waals surface area contributed by atoms with Gasteiger partial charge in [-0.05, 0) is 26.0 Å². The number of nitrogens with zero attached hydrogens (tertiary/aromatic N) is 2. The number of hydrogen-bond donors (Lipinski definition) is 1. The fourth-order valence-electron chi connectivity index (χ4n) is 3.04. The summed E-state index contributed by atoms with van der Waals surface area (Å²) in [5, 5.41) is 2.92. The summed E-state index contributed by atoms with van der Waals surface area (Å²) in [5.74, 6) is 1.24. The molecule has 0 saturated carbocycles. The molecule has 2 heterocycles. The lowest BCUT2D eigenvalue weighted by Gasteiger charge is -2.36. The van der Waals surface area contributed by atoms with E-state index in [-0.39, 0.29) is 18.0 Å². The van der Waals surface area contributed by atoms with E-state index in [0.717, 1.165) is 0 Å². The number of nitrogens with one attached hydrogen (secondary N) is 1. The van der Waals surface area contributed by atoms with Crippen LogP contribution in [0, 0.1) is 0 Å². The summed E-state index contributed by atoms with van der Waals surface area (Å²) >= 11 is 0. The van der Waals surface area contributed by atoms with Crippen LogP contribution in [-0.4, -0.2) is 73.8 Å². The Kier molecular flexibility index (Phi) is 5.82. The number of amides is 2. The largest absolute Gasteiger partial charge is 0.486 e. The molecule has 2 aliphatic heterocycles. The summed E-state index contributed by atoms with van der Waals surface area (Å²) in [6, 6.07) is 5.08. The smallest absolute Gasteiger partial charge is 0.409 e. The third-order valence-electron chi connectivity index (χ3n) is 4.58. The van der Waals surface area contributed by atoms with E-state index in [1.165, 1.54) is 0 Å². The van der Waals surface area contributed by atoms with E-state index in [0.29, 0.717) is 63.2 Å². The first kappa shape index (κ1) is 18.3. The number of fused-ring (bicyclic) bond motifs is 1. The zero-order chi connectivity index (χ0) is 18.5. The van der Waals surface area contributed by atoms with Crippen molar-refractivity contribution >= 4 is 17.7 Å². The second kappa shape index (κ2) is 8.27. The Hall–Kier alpha value is -2.48. The molecular formula is C18H25N3O5. The van der Waals surface area contributed by atoms with Crippen molar-refractivity contribution in [3.05, 3.63) is 18.2 Å². The van der Waals surface area contributed by atoms with E-state index in [1.54, 1.807) is 30.0 Å². The van der Waals surface area contributed by atoms with Crippen LogP contribution >= 0.6 is 0 Å². The molecule has 3 rings (SSSR count). The van der Waals surface area contributed by atoms with E-state index in [2.05, 4.69) is 10.2 Å². The molecule has 1 fully saturated rings. The van der Waals surface area contributed by atoms with Crippen LogP contribution in [0.15, 0.2) is 18.2 Å². The van der Waals surface area contributed by atoms with Gasteiger partial charge < -0.3 is 24.4 Å². The zero-order valence-electron chi connectivity index (χ0n) is 15.2. The van der Waals surface area contributed by atoms with Crippen LogP contribution in [0.1, 0.15) is 13.8 Å². The van der Waals surface area contributed by atoms with Gasteiger partial charge in [0.1, 0.15) is 13.2 Å². The van der Waals surface area contributed by atoms with Crippen molar-refractivity contribution in [3.8, 4) is 11.5 Å². The van der Waals surface area contributed by atoms with Gasteiger partial charge >= 0.3 is 6.09 Å². The second-order valence-electron chi connectivity index (χ2n) is 6.25. The molecule has 1 atom stereocenters. The lowest BCUT2D eigenvalue weighted by Crippen LogP contribution is -2.54. The lowest BCUT2D eigenvalue weighted by atomic mass is 10.2. The first-order valence-corrected chi connectivity index (χ1v) is 8.94. The Bertz CT molecular complexity index is 658. The lowest BCUT2D eigenvalue weighted by molar-refractivity contribution is -0.121. The Morgan fingerprint density at radius 2 is 1.85 bits per heavy atom. The Labute approximate surface area is 153 Å². The van der Waals surface area contributed by atoms with Crippen molar-refractivity contribution in [2.24, 2.45) is 0 Å². The Morgan fingerprint density at radius 3 is 2.54 bits per heavy atom. The van der Waals surface area contributed by atoms with Gasteiger partial charge in [0.05, 0.1) is 12.6 Å². The first-order chi connectivity index (χ1) is 12.6. The maximum atomic E-state index is 12.6. The normalized spacial score (nSPS) is 18.2. The van der Waals surface area contributed by atoms with Crippen molar-refractivity contribution < 1.29 is 23.8 Å². The molecule has 0 radical (unpaired) electrons. The SMILES string of the molecule is CCOC(=O)N1CCN(C(C)C(=O)Nc2ccc3c(c2)OCCO3)CC1. The molecule has 8 nitrogen and oxygen atoms in total. The van der Waals surface area contributed by atoms with Crippen LogP contribution in [0.25, 0.3) is 0 Å². The fourth-order valence-corrected chi connectivity index (χ4v) is 3.04. The molecule has 0 spiro atoms. The Morgan fingerprint density at radius 1 is 1.15 bits per heavy atom. The minimum Gasteiger partial charge on any atom is -0.486 e. The minimum atomic E-state index is -0.299. The van der Waals surface area contributed by atoms with Crippen LogP contribution in [0.2, 0.25) is 0 Å². The van der Waals surface area contributed by atoms with E-state index in [9.17, 15) is 9.59 Å². The van der Waals surface area contributed by atoms with Gasteiger partial charge in [0, 0.05) is 37.9 Å². The van der Waals surface area contributed by atoms with Crippen LogP contribution in [0.3, 0.4) is 0 Å². The van der Waals surface area contributed by atoms with Gasteiger partial charge in [-0.15, -0.1) is 0 Å². The molecule has 1 unspecified atom stereocenters. The van der Waals surface area contributed by atoms with Gasteiger partial charge in [-0.3, -0.25) is 9.69 Å². The average molecular weight is 363 g/mol. The molecule has 0 aromatic heterocycles. The third-order valence-corrected chi connectivity index (χ3v) is 4.58. The average Bonchev–Trinajstić information content (AvgIpc) is 2.67. The molecular weight excluding hydrogens is 338 g/mol.